The summed E-state index contributed by atoms with van der Waals surface area (Å²) in [6, 6.07) is 10.3. The van der Waals surface area contributed by atoms with E-state index < -0.39 is 0 Å². The van der Waals surface area contributed by atoms with Crippen LogP contribution in [0.3, 0.4) is 0 Å². The molecule has 0 unspecified atom stereocenters. The fraction of sp³-hybridized carbons (Fsp3) is 0.545. The van der Waals surface area contributed by atoms with E-state index in [4.69, 9.17) is 9.73 Å². The van der Waals surface area contributed by atoms with Gasteiger partial charge in [0.25, 0.3) is 0 Å². The summed E-state index contributed by atoms with van der Waals surface area (Å²) in [5.41, 5.74) is 3.42. The molecular formula is C22H34IN5O. The van der Waals surface area contributed by atoms with Gasteiger partial charge in [-0.1, -0.05) is 18.2 Å². The van der Waals surface area contributed by atoms with Gasteiger partial charge in [0.15, 0.2) is 5.96 Å². The lowest BCUT2D eigenvalue weighted by Crippen LogP contribution is -2.38. The number of benzene rings is 1. The van der Waals surface area contributed by atoms with Crippen LogP contribution in [0.1, 0.15) is 49.6 Å². The summed E-state index contributed by atoms with van der Waals surface area (Å²) in [5.74, 6) is 1.81. The summed E-state index contributed by atoms with van der Waals surface area (Å²) < 4.78 is 8.18. The molecule has 1 aliphatic carbocycles. The second kappa shape index (κ2) is 12.0. The van der Waals surface area contributed by atoms with E-state index >= 15 is 0 Å². The van der Waals surface area contributed by atoms with E-state index in [2.05, 4.69) is 52.5 Å². The molecule has 0 bridgehead atoms. The number of para-hydroxylation sites is 1. The van der Waals surface area contributed by atoms with Crippen LogP contribution in [0, 0.1) is 13.8 Å². The smallest absolute Gasteiger partial charge is 0.191 e. The molecule has 0 spiro atoms. The second-order valence-electron chi connectivity index (χ2n) is 7.40. The van der Waals surface area contributed by atoms with Crippen molar-refractivity contribution in [2.45, 2.75) is 65.6 Å². The van der Waals surface area contributed by atoms with Gasteiger partial charge in [-0.25, -0.2) is 4.99 Å². The molecule has 7 heteroatoms. The molecule has 1 fully saturated rings. The van der Waals surface area contributed by atoms with Crippen LogP contribution in [0.15, 0.2) is 35.3 Å². The highest BCUT2D eigenvalue weighted by atomic mass is 127. The van der Waals surface area contributed by atoms with Crippen molar-refractivity contribution in [2.24, 2.45) is 4.99 Å². The third-order valence-corrected chi connectivity index (χ3v) is 5.01. The normalized spacial score (nSPS) is 14.1. The first-order valence-electron chi connectivity index (χ1n) is 10.4. The number of halogens is 1. The lowest BCUT2D eigenvalue weighted by Gasteiger charge is -2.27. The van der Waals surface area contributed by atoms with E-state index in [1.807, 2.05) is 19.1 Å². The number of aromatic nitrogens is 2. The zero-order valence-electron chi connectivity index (χ0n) is 17.8. The minimum atomic E-state index is 0. The van der Waals surface area contributed by atoms with Crippen LogP contribution < -0.4 is 15.4 Å². The molecule has 6 nitrogen and oxygen atoms in total. The number of nitrogens with one attached hydrogen (secondary N) is 2. The highest BCUT2D eigenvalue weighted by Crippen LogP contribution is 2.27. The zero-order valence-corrected chi connectivity index (χ0v) is 20.1. The summed E-state index contributed by atoms with van der Waals surface area (Å²) in [6.45, 7) is 9.42. The number of ether oxygens (including phenoxy) is 1. The van der Waals surface area contributed by atoms with E-state index in [1.54, 1.807) is 0 Å². The molecular weight excluding hydrogens is 477 g/mol. The number of guanidine groups is 1. The molecule has 0 amide bonds. The van der Waals surface area contributed by atoms with Crippen molar-refractivity contribution in [3.8, 4) is 5.75 Å². The molecule has 0 saturated heterocycles. The van der Waals surface area contributed by atoms with Gasteiger partial charge in [-0.3, -0.25) is 4.68 Å². The Labute approximate surface area is 191 Å². The van der Waals surface area contributed by atoms with Crippen molar-refractivity contribution in [1.29, 1.82) is 0 Å². The largest absolute Gasteiger partial charge is 0.490 e. The number of hydrogen-bond donors (Lipinski definition) is 2. The molecule has 1 aromatic heterocycles. The monoisotopic (exact) mass is 511 g/mol. The van der Waals surface area contributed by atoms with E-state index in [9.17, 15) is 0 Å². The molecule has 2 N–H and O–H groups in total. The van der Waals surface area contributed by atoms with Crippen LogP contribution in [0.5, 0.6) is 5.75 Å². The predicted molar refractivity (Wildman–Crippen MR) is 129 cm³/mol. The van der Waals surface area contributed by atoms with Crippen molar-refractivity contribution in [3.63, 3.8) is 0 Å². The van der Waals surface area contributed by atoms with Gasteiger partial charge in [-0.15, -0.1) is 24.0 Å². The van der Waals surface area contributed by atoms with Gasteiger partial charge in [0.1, 0.15) is 5.75 Å². The molecule has 2 aromatic rings. The van der Waals surface area contributed by atoms with Gasteiger partial charge in [0.2, 0.25) is 0 Å². The Balaban J connectivity index is 0.00000300. The topological polar surface area (TPSA) is 63.5 Å². The summed E-state index contributed by atoms with van der Waals surface area (Å²) in [4.78, 5) is 4.75. The Kier molecular flexibility index (Phi) is 9.76. The van der Waals surface area contributed by atoms with Crippen molar-refractivity contribution >= 4 is 29.9 Å². The molecule has 160 valence electrons. The first-order valence-corrected chi connectivity index (χ1v) is 10.4. The summed E-state index contributed by atoms with van der Waals surface area (Å²) in [7, 11) is 0. The summed E-state index contributed by atoms with van der Waals surface area (Å²) in [6.07, 6.45) is 4.98. The summed E-state index contributed by atoms with van der Waals surface area (Å²) >= 11 is 0. The highest BCUT2D eigenvalue weighted by molar-refractivity contribution is 14.0. The van der Waals surface area contributed by atoms with Gasteiger partial charge < -0.3 is 15.4 Å². The van der Waals surface area contributed by atoms with E-state index in [0.29, 0.717) is 12.6 Å². The van der Waals surface area contributed by atoms with Gasteiger partial charge in [-0.05, 0) is 58.6 Å². The Morgan fingerprint density at radius 1 is 1.24 bits per heavy atom. The average molecular weight is 511 g/mol. The number of rotatable bonds is 9. The molecule has 1 heterocycles. The minimum absolute atomic E-state index is 0. The third kappa shape index (κ3) is 7.21. The maximum absolute atomic E-state index is 6.11. The molecule has 1 aliphatic rings. The molecule has 3 rings (SSSR count). The van der Waals surface area contributed by atoms with Crippen molar-refractivity contribution in [2.75, 3.05) is 13.1 Å². The van der Waals surface area contributed by atoms with E-state index in [0.717, 1.165) is 61.9 Å². The maximum Gasteiger partial charge on any atom is 0.191 e. The standard InChI is InChI=1S/C22H33N5O.HI/c1-4-23-22(24-13-8-14-27-18(3)15-17(2)26-27)25-16-19-9-5-6-12-21(19)28-20-10-7-11-20;/h5-6,9,12,15,20H,4,7-8,10-11,13-14,16H2,1-3H3,(H2,23,24,25);1H. The molecule has 1 aromatic carbocycles. The van der Waals surface area contributed by atoms with Crippen molar-refractivity contribution in [1.82, 2.24) is 20.4 Å². The SMILES string of the molecule is CCNC(=NCc1ccccc1OC1CCC1)NCCCn1nc(C)cc1C.I. The number of aliphatic imine (C=N–C) groups is 1. The van der Waals surface area contributed by atoms with E-state index in [-0.39, 0.29) is 24.0 Å². The number of nitrogens with zero attached hydrogens (tertiary/aromatic N) is 3. The van der Waals surface area contributed by atoms with E-state index in [1.165, 1.54) is 12.1 Å². The summed E-state index contributed by atoms with van der Waals surface area (Å²) in [5, 5.41) is 11.3. The predicted octanol–water partition coefficient (Wildman–Crippen LogP) is 4.19. The zero-order chi connectivity index (χ0) is 19.8. The van der Waals surface area contributed by atoms with Gasteiger partial charge in [0, 0.05) is 30.9 Å². The fourth-order valence-electron chi connectivity index (χ4n) is 3.26. The Hall–Kier alpha value is -1.77. The molecule has 1 saturated carbocycles. The first kappa shape index (κ1) is 23.5. The van der Waals surface area contributed by atoms with Crippen molar-refractivity contribution in [3.05, 3.63) is 47.3 Å². The number of aryl methyl sites for hydroxylation is 3. The maximum atomic E-state index is 6.11. The molecule has 0 aliphatic heterocycles. The third-order valence-electron chi connectivity index (χ3n) is 5.01. The fourth-order valence-corrected chi connectivity index (χ4v) is 3.26. The van der Waals surface area contributed by atoms with Gasteiger partial charge in [0.05, 0.1) is 18.3 Å². The molecule has 29 heavy (non-hydrogen) atoms. The van der Waals surface area contributed by atoms with Crippen LogP contribution in [0.25, 0.3) is 0 Å². The first-order chi connectivity index (χ1) is 13.7. The molecule has 0 atom stereocenters. The Bertz CT molecular complexity index is 785. The van der Waals surface area contributed by atoms with Gasteiger partial charge >= 0.3 is 0 Å². The minimum Gasteiger partial charge on any atom is -0.490 e. The van der Waals surface area contributed by atoms with Crippen LogP contribution in [-0.4, -0.2) is 34.9 Å². The average Bonchev–Trinajstić information content (AvgIpc) is 2.97. The van der Waals surface area contributed by atoms with Crippen molar-refractivity contribution < 1.29 is 4.74 Å². The van der Waals surface area contributed by atoms with Crippen LogP contribution >= 0.6 is 24.0 Å². The van der Waals surface area contributed by atoms with Gasteiger partial charge in [-0.2, -0.15) is 5.10 Å². The number of hydrogen-bond acceptors (Lipinski definition) is 3. The molecule has 0 radical (unpaired) electrons. The lowest BCUT2D eigenvalue weighted by molar-refractivity contribution is 0.119. The van der Waals surface area contributed by atoms with Crippen LogP contribution in [0.2, 0.25) is 0 Å². The Morgan fingerprint density at radius 3 is 2.69 bits per heavy atom. The van der Waals surface area contributed by atoms with Crippen LogP contribution in [-0.2, 0) is 13.1 Å². The lowest BCUT2D eigenvalue weighted by atomic mass is 9.96. The highest BCUT2D eigenvalue weighted by Gasteiger charge is 2.20. The second-order valence-corrected chi connectivity index (χ2v) is 7.40. The Morgan fingerprint density at radius 2 is 2.03 bits per heavy atom. The van der Waals surface area contributed by atoms with Crippen LogP contribution in [0.4, 0.5) is 0 Å². The quantitative estimate of drug-likeness (QED) is 0.229.